The zero-order chi connectivity index (χ0) is 24.5. The van der Waals surface area contributed by atoms with Gasteiger partial charge in [0.25, 0.3) is 0 Å². The van der Waals surface area contributed by atoms with Gasteiger partial charge >= 0.3 is 0 Å². The zero-order valence-electron chi connectivity index (χ0n) is 20.6. The van der Waals surface area contributed by atoms with Gasteiger partial charge in [-0.05, 0) is 41.5 Å². The number of para-hydroxylation sites is 1. The van der Waals surface area contributed by atoms with E-state index >= 15 is 0 Å². The number of hydrogen-bond donors (Lipinski definition) is 0. The summed E-state index contributed by atoms with van der Waals surface area (Å²) in [6.45, 7) is 5.93. The van der Waals surface area contributed by atoms with Crippen molar-refractivity contribution in [1.82, 2.24) is 9.47 Å². The minimum absolute atomic E-state index is 0.0273. The van der Waals surface area contributed by atoms with E-state index in [2.05, 4.69) is 82.8 Å². The Morgan fingerprint density at radius 1 is 0.889 bits per heavy atom. The number of fused-ring (bicyclic) bond motifs is 5. The van der Waals surface area contributed by atoms with E-state index < -0.39 is 0 Å². The Morgan fingerprint density at radius 2 is 1.58 bits per heavy atom. The van der Waals surface area contributed by atoms with Crippen molar-refractivity contribution in [1.29, 1.82) is 0 Å². The molecular weight excluding hydrogens is 444 g/mol. The first-order valence-corrected chi connectivity index (χ1v) is 12.9. The highest BCUT2D eigenvalue weighted by Crippen LogP contribution is 2.46. The third-order valence-corrected chi connectivity index (χ3v) is 7.79. The monoisotopic (exact) mass is 476 g/mol. The van der Waals surface area contributed by atoms with Crippen molar-refractivity contribution in [2.75, 3.05) is 6.61 Å². The molecule has 0 spiro atoms. The molecule has 1 aromatic heterocycles. The van der Waals surface area contributed by atoms with E-state index in [1.54, 1.807) is 0 Å². The third kappa shape index (κ3) is 4.16. The lowest BCUT2D eigenvalue weighted by atomic mass is 9.81. The van der Waals surface area contributed by atoms with Crippen molar-refractivity contribution in [3.63, 3.8) is 0 Å². The number of rotatable bonds is 7. The largest absolute Gasteiger partial charge is 0.375 e. The van der Waals surface area contributed by atoms with Crippen LogP contribution in [0.1, 0.15) is 41.3 Å². The molecule has 0 bridgehead atoms. The number of allylic oxidation sites excluding steroid dienone is 1. The molecule has 3 atom stereocenters. The second-order valence-corrected chi connectivity index (χ2v) is 10.1. The van der Waals surface area contributed by atoms with E-state index in [4.69, 9.17) is 4.74 Å². The summed E-state index contributed by atoms with van der Waals surface area (Å²) < 4.78 is 8.67. The lowest BCUT2D eigenvalue weighted by Gasteiger charge is -2.47. The summed E-state index contributed by atoms with van der Waals surface area (Å²) in [5.41, 5.74) is 6.32. The van der Waals surface area contributed by atoms with Gasteiger partial charge in [0.2, 0.25) is 5.91 Å². The highest BCUT2D eigenvalue weighted by atomic mass is 16.5. The summed E-state index contributed by atoms with van der Waals surface area (Å²) >= 11 is 0. The summed E-state index contributed by atoms with van der Waals surface area (Å²) in [7, 11) is 0. The summed E-state index contributed by atoms with van der Waals surface area (Å²) in [5.74, 6) is 0.408. The molecule has 2 aliphatic rings. The highest BCUT2D eigenvalue weighted by Gasteiger charge is 2.44. The summed E-state index contributed by atoms with van der Waals surface area (Å²) in [5, 5.41) is 1.30. The van der Waals surface area contributed by atoms with Crippen molar-refractivity contribution in [2.24, 2.45) is 5.92 Å². The molecule has 182 valence electrons. The topological polar surface area (TPSA) is 34.5 Å². The van der Waals surface area contributed by atoms with Crippen molar-refractivity contribution >= 4 is 16.8 Å². The fourth-order valence-corrected chi connectivity index (χ4v) is 6.16. The minimum atomic E-state index is 0.0273. The Labute approximate surface area is 212 Å². The second kappa shape index (κ2) is 9.79. The van der Waals surface area contributed by atoms with Crippen LogP contribution < -0.4 is 0 Å². The molecule has 0 aliphatic carbocycles. The second-order valence-electron chi connectivity index (χ2n) is 10.1. The molecule has 4 nitrogen and oxygen atoms in total. The van der Waals surface area contributed by atoms with Crippen LogP contribution in [0.25, 0.3) is 10.9 Å². The van der Waals surface area contributed by atoms with Crippen LogP contribution in [-0.4, -0.2) is 28.0 Å². The van der Waals surface area contributed by atoms with Crippen LogP contribution >= 0.6 is 0 Å². The van der Waals surface area contributed by atoms with Crippen LogP contribution in [0.2, 0.25) is 0 Å². The van der Waals surface area contributed by atoms with Gasteiger partial charge in [-0.2, -0.15) is 0 Å². The van der Waals surface area contributed by atoms with Gasteiger partial charge in [0.1, 0.15) is 0 Å². The first kappa shape index (κ1) is 22.8. The first-order valence-electron chi connectivity index (χ1n) is 12.9. The maximum Gasteiger partial charge on any atom is 0.224 e. The highest BCUT2D eigenvalue weighted by molar-refractivity contribution is 5.88. The number of carbonyl (C=O) groups excluding carboxylic acids is 1. The molecule has 36 heavy (non-hydrogen) atoms. The molecule has 2 aliphatic heterocycles. The predicted molar refractivity (Wildman–Crippen MR) is 144 cm³/mol. The van der Waals surface area contributed by atoms with Gasteiger partial charge < -0.3 is 14.2 Å². The van der Waals surface area contributed by atoms with Gasteiger partial charge in [0.15, 0.2) is 0 Å². The standard InChI is InChI=1S/C32H32N2O2/c1-2-23-17-30-32-28(27-15-9-10-16-29(27)33(32)20-24-11-5-3-6-12-24)19-26(34(30)31(35)18-23)22-36-21-25-13-7-4-8-14-25/h2-16,23,26,30H,1,17-22H2/t23-,26-,30+/m1/s1. The maximum atomic E-state index is 13.5. The Morgan fingerprint density at radius 3 is 2.33 bits per heavy atom. The first-order chi connectivity index (χ1) is 17.7. The van der Waals surface area contributed by atoms with E-state index in [1.165, 1.54) is 27.7 Å². The van der Waals surface area contributed by atoms with Gasteiger partial charge in [-0.15, -0.1) is 6.58 Å². The van der Waals surface area contributed by atoms with Gasteiger partial charge in [-0.25, -0.2) is 0 Å². The predicted octanol–water partition coefficient (Wildman–Crippen LogP) is 6.30. The van der Waals surface area contributed by atoms with Gasteiger partial charge in [-0.1, -0.05) is 84.9 Å². The molecule has 1 amide bonds. The Bertz CT molecular complexity index is 1380. The number of amides is 1. The van der Waals surface area contributed by atoms with Gasteiger partial charge in [-0.3, -0.25) is 4.79 Å². The van der Waals surface area contributed by atoms with Crippen LogP contribution in [0.15, 0.2) is 97.6 Å². The van der Waals surface area contributed by atoms with Crippen LogP contribution in [-0.2, 0) is 29.1 Å². The normalized spacial score (nSPS) is 21.3. The zero-order valence-corrected chi connectivity index (χ0v) is 20.6. The molecule has 0 saturated carbocycles. The van der Waals surface area contributed by atoms with Crippen molar-refractivity contribution in [3.05, 3.63) is 120 Å². The molecule has 0 N–H and O–H groups in total. The number of nitrogens with zero attached hydrogens (tertiary/aromatic N) is 2. The number of ether oxygens (including phenoxy) is 1. The molecule has 1 saturated heterocycles. The Balaban J connectivity index is 1.40. The Hall–Kier alpha value is -3.63. The van der Waals surface area contributed by atoms with Crippen molar-refractivity contribution in [3.8, 4) is 0 Å². The van der Waals surface area contributed by atoms with Crippen molar-refractivity contribution in [2.45, 2.75) is 44.5 Å². The van der Waals surface area contributed by atoms with E-state index in [0.29, 0.717) is 19.6 Å². The minimum Gasteiger partial charge on any atom is -0.375 e. The van der Waals surface area contributed by atoms with E-state index in [9.17, 15) is 4.79 Å². The quantitative estimate of drug-likeness (QED) is 0.294. The van der Waals surface area contributed by atoms with E-state index in [0.717, 1.165) is 24.9 Å². The van der Waals surface area contributed by atoms with Crippen LogP contribution in [0.4, 0.5) is 0 Å². The molecule has 4 heteroatoms. The fourth-order valence-electron chi connectivity index (χ4n) is 6.16. The van der Waals surface area contributed by atoms with Crippen LogP contribution in [0.5, 0.6) is 0 Å². The smallest absolute Gasteiger partial charge is 0.224 e. The van der Waals surface area contributed by atoms with Gasteiger partial charge in [0.05, 0.1) is 25.3 Å². The summed E-state index contributed by atoms with van der Waals surface area (Å²) in [4.78, 5) is 15.7. The molecular formula is C32H32N2O2. The number of piperidine rings is 1. The molecule has 3 heterocycles. The van der Waals surface area contributed by atoms with Crippen molar-refractivity contribution < 1.29 is 9.53 Å². The van der Waals surface area contributed by atoms with Gasteiger partial charge in [0, 0.05) is 29.6 Å². The molecule has 4 aromatic rings. The molecule has 0 radical (unpaired) electrons. The van der Waals surface area contributed by atoms with Crippen LogP contribution in [0.3, 0.4) is 0 Å². The SMILES string of the molecule is C=C[C@H]1CC(=O)N2[C@@H](COCc3ccccc3)Cc3c(n(Cc4ccccc4)c4ccccc34)[C@@H]2C1. The average molecular weight is 477 g/mol. The van der Waals surface area contributed by atoms with E-state index in [1.807, 2.05) is 24.3 Å². The lowest BCUT2D eigenvalue weighted by Crippen LogP contribution is -2.53. The number of hydrogen-bond acceptors (Lipinski definition) is 2. The maximum absolute atomic E-state index is 13.5. The third-order valence-electron chi connectivity index (χ3n) is 7.79. The number of benzene rings is 3. The molecule has 6 rings (SSSR count). The lowest BCUT2D eigenvalue weighted by molar-refractivity contribution is -0.144. The molecule has 1 fully saturated rings. The van der Waals surface area contributed by atoms with Crippen LogP contribution in [0, 0.1) is 5.92 Å². The molecule has 3 aromatic carbocycles. The number of aromatic nitrogens is 1. The fraction of sp³-hybridized carbons (Fsp3) is 0.281. The summed E-state index contributed by atoms with van der Waals surface area (Å²) in [6.07, 6.45) is 4.22. The molecule has 0 unspecified atom stereocenters. The summed E-state index contributed by atoms with van der Waals surface area (Å²) in [6, 6.07) is 29.6. The number of carbonyl (C=O) groups is 1. The Kier molecular flexibility index (Phi) is 6.20. The average Bonchev–Trinajstić information content (AvgIpc) is 3.23. The van der Waals surface area contributed by atoms with E-state index in [-0.39, 0.29) is 23.9 Å².